The van der Waals surface area contributed by atoms with Crippen LogP contribution < -0.4 is 0 Å². The minimum atomic E-state index is 0.658. The largest absolute Gasteiger partial charge is 0.255 e. The van der Waals surface area contributed by atoms with E-state index in [4.69, 9.17) is 19.9 Å². The highest BCUT2D eigenvalue weighted by Crippen LogP contribution is 2.35. The Kier molecular flexibility index (Phi) is 7.83. The number of aromatic nitrogens is 5. The first kappa shape index (κ1) is 28.9. The first-order chi connectivity index (χ1) is 23.8. The van der Waals surface area contributed by atoms with Gasteiger partial charge in [-0.25, -0.2) is 15.0 Å². The summed E-state index contributed by atoms with van der Waals surface area (Å²) in [7, 11) is 0. The van der Waals surface area contributed by atoms with Crippen molar-refractivity contribution in [2.24, 2.45) is 0 Å². The van der Waals surface area contributed by atoms with Gasteiger partial charge in [-0.05, 0) is 64.7 Å². The first-order valence-electron chi connectivity index (χ1n) is 15.8. The summed E-state index contributed by atoms with van der Waals surface area (Å²) in [4.78, 5) is 24.7. The van der Waals surface area contributed by atoms with Gasteiger partial charge in [-0.3, -0.25) is 9.97 Å². The van der Waals surface area contributed by atoms with Gasteiger partial charge in [0.05, 0.1) is 34.2 Å². The Morgan fingerprint density at radius 1 is 0.271 bits per heavy atom. The molecule has 4 heterocycles. The molecule has 226 valence electrons. The molecule has 0 N–H and O–H groups in total. The van der Waals surface area contributed by atoms with Crippen LogP contribution >= 0.6 is 0 Å². The first-order valence-corrected chi connectivity index (χ1v) is 15.8. The predicted octanol–water partition coefficient (Wildman–Crippen LogP) is 10.3. The van der Waals surface area contributed by atoms with Gasteiger partial charge in [0.1, 0.15) is 0 Å². The van der Waals surface area contributed by atoms with E-state index in [1.807, 2.05) is 97.2 Å². The van der Waals surface area contributed by atoms with Crippen molar-refractivity contribution in [3.05, 3.63) is 176 Å². The van der Waals surface area contributed by atoms with E-state index >= 15 is 0 Å². The topological polar surface area (TPSA) is 64.5 Å². The average Bonchev–Trinajstić information content (AvgIpc) is 3.19. The Morgan fingerprint density at radius 2 is 0.792 bits per heavy atom. The summed E-state index contributed by atoms with van der Waals surface area (Å²) in [6.07, 6.45) is 3.63. The molecule has 4 aromatic heterocycles. The fourth-order valence-corrected chi connectivity index (χ4v) is 5.85. The van der Waals surface area contributed by atoms with E-state index in [1.165, 1.54) is 0 Å². The van der Waals surface area contributed by atoms with Crippen molar-refractivity contribution < 1.29 is 0 Å². The van der Waals surface area contributed by atoms with E-state index in [2.05, 4.69) is 77.8 Å². The van der Waals surface area contributed by atoms with Crippen molar-refractivity contribution in [2.75, 3.05) is 0 Å². The molecule has 8 rings (SSSR count). The third kappa shape index (κ3) is 6.00. The third-order valence-corrected chi connectivity index (χ3v) is 8.23. The minimum absolute atomic E-state index is 0.658. The van der Waals surface area contributed by atoms with Gasteiger partial charge in [0.15, 0.2) is 5.82 Å². The Bertz CT molecular complexity index is 2210. The third-order valence-electron chi connectivity index (χ3n) is 8.23. The molecule has 0 aliphatic carbocycles. The van der Waals surface area contributed by atoms with Crippen LogP contribution in [0.3, 0.4) is 0 Å². The van der Waals surface area contributed by atoms with Crippen molar-refractivity contribution in [3.8, 4) is 78.9 Å². The lowest BCUT2D eigenvalue weighted by atomic mass is 9.97. The van der Waals surface area contributed by atoms with Crippen LogP contribution in [0, 0.1) is 0 Å². The summed E-state index contributed by atoms with van der Waals surface area (Å²) in [6.45, 7) is 0. The standard InChI is InChI=1S/C43H29N5/c1-4-14-30(15-5-1)34-27-41(37-22-12-13-24-44-37)46-42(28-34)40-26-33(23-25-45-40)35-20-10-11-21-36(35)43-47-38(31-16-6-2-7-17-31)29-39(48-43)32-18-8-3-9-19-32/h1-29H. The van der Waals surface area contributed by atoms with Gasteiger partial charge >= 0.3 is 0 Å². The lowest BCUT2D eigenvalue weighted by Crippen LogP contribution is -1.98. The monoisotopic (exact) mass is 615 g/mol. The fourth-order valence-electron chi connectivity index (χ4n) is 5.85. The van der Waals surface area contributed by atoms with Gasteiger partial charge in [0.2, 0.25) is 0 Å². The van der Waals surface area contributed by atoms with Crippen LogP contribution in [0.1, 0.15) is 0 Å². The van der Waals surface area contributed by atoms with Crippen molar-refractivity contribution in [3.63, 3.8) is 0 Å². The maximum Gasteiger partial charge on any atom is 0.161 e. The molecule has 4 aromatic carbocycles. The van der Waals surface area contributed by atoms with Crippen molar-refractivity contribution in [2.45, 2.75) is 0 Å². The zero-order chi connectivity index (χ0) is 32.1. The average molecular weight is 616 g/mol. The van der Waals surface area contributed by atoms with Crippen molar-refractivity contribution in [1.82, 2.24) is 24.9 Å². The molecule has 0 fully saturated rings. The number of hydrogen-bond donors (Lipinski definition) is 0. The highest BCUT2D eigenvalue weighted by Gasteiger charge is 2.16. The van der Waals surface area contributed by atoms with Crippen LogP contribution in [0.2, 0.25) is 0 Å². The summed E-state index contributed by atoms with van der Waals surface area (Å²) < 4.78 is 0. The molecule has 0 saturated carbocycles. The van der Waals surface area contributed by atoms with Gasteiger partial charge in [-0.2, -0.15) is 0 Å². The van der Waals surface area contributed by atoms with Crippen molar-refractivity contribution in [1.29, 1.82) is 0 Å². The lowest BCUT2D eigenvalue weighted by Gasteiger charge is -2.14. The Hall–Kier alpha value is -6.59. The van der Waals surface area contributed by atoms with Crippen LogP contribution in [0.25, 0.3) is 78.9 Å². The maximum absolute atomic E-state index is 5.11. The number of benzene rings is 4. The highest BCUT2D eigenvalue weighted by atomic mass is 14.9. The molecule has 0 amide bonds. The molecule has 8 aromatic rings. The van der Waals surface area contributed by atoms with Crippen LogP contribution in [0.15, 0.2) is 176 Å². The minimum Gasteiger partial charge on any atom is -0.255 e. The van der Waals surface area contributed by atoms with E-state index in [1.54, 1.807) is 6.20 Å². The lowest BCUT2D eigenvalue weighted by molar-refractivity contribution is 1.18. The maximum atomic E-state index is 5.11. The van der Waals surface area contributed by atoms with Gasteiger partial charge < -0.3 is 0 Å². The molecule has 0 atom stereocenters. The Balaban J connectivity index is 1.26. The number of nitrogens with zero attached hydrogens (tertiary/aromatic N) is 5. The number of rotatable bonds is 7. The molecule has 0 aliphatic rings. The van der Waals surface area contributed by atoms with E-state index in [-0.39, 0.29) is 0 Å². The van der Waals surface area contributed by atoms with Crippen LogP contribution in [0.5, 0.6) is 0 Å². The zero-order valence-corrected chi connectivity index (χ0v) is 26.0. The predicted molar refractivity (Wildman–Crippen MR) is 193 cm³/mol. The summed E-state index contributed by atoms with van der Waals surface area (Å²) in [5.41, 5.74) is 12.0. The molecule has 0 spiro atoms. The molecule has 0 aliphatic heterocycles. The number of pyridine rings is 3. The van der Waals surface area contributed by atoms with Crippen LogP contribution in [-0.2, 0) is 0 Å². The summed E-state index contributed by atoms with van der Waals surface area (Å²) in [6, 6.07) is 55.3. The molecule has 0 unspecified atom stereocenters. The Labute approximate surface area is 279 Å². The smallest absolute Gasteiger partial charge is 0.161 e. The molecule has 5 nitrogen and oxygen atoms in total. The second-order valence-electron chi connectivity index (χ2n) is 11.4. The van der Waals surface area contributed by atoms with Crippen LogP contribution in [-0.4, -0.2) is 24.9 Å². The SMILES string of the molecule is c1ccc(-c2cc(-c3ccccn3)nc(-c3cc(-c4ccccc4-c4nc(-c5ccccc5)cc(-c5ccccc5)n4)ccn3)c2)cc1. The van der Waals surface area contributed by atoms with Crippen molar-refractivity contribution >= 4 is 0 Å². The zero-order valence-electron chi connectivity index (χ0n) is 26.0. The summed E-state index contributed by atoms with van der Waals surface area (Å²) >= 11 is 0. The quantitative estimate of drug-likeness (QED) is 0.178. The van der Waals surface area contributed by atoms with Gasteiger partial charge in [-0.15, -0.1) is 0 Å². The number of hydrogen-bond acceptors (Lipinski definition) is 5. The molecular weight excluding hydrogens is 587 g/mol. The highest BCUT2D eigenvalue weighted by molar-refractivity contribution is 5.84. The molecule has 0 radical (unpaired) electrons. The Morgan fingerprint density at radius 3 is 1.42 bits per heavy atom. The van der Waals surface area contributed by atoms with E-state index in [0.717, 1.165) is 73.1 Å². The summed E-state index contributed by atoms with van der Waals surface area (Å²) in [5.74, 6) is 0.658. The fraction of sp³-hybridized carbons (Fsp3) is 0. The van der Waals surface area contributed by atoms with E-state index in [0.29, 0.717) is 5.82 Å². The molecule has 48 heavy (non-hydrogen) atoms. The van der Waals surface area contributed by atoms with Gasteiger partial charge in [-0.1, -0.05) is 121 Å². The molecule has 5 heteroatoms. The molecular formula is C43H29N5. The van der Waals surface area contributed by atoms with E-state index in [9.17, 15) is 0 Å². The van der Waals surface area contributed by atoms with Gasteiger partial charge in [0.25, 0.3) is 0 Å². The van der Waals surface area contributed by atoms with Crippen LogP contribution in [0.4, 0.5) is 0 Å². The second-order valence-corrected chi connectivity index (χ2v) is 11.4. The normalized spacial score (nSPS) is 10.9. The second kappa shape index (κ2) is 13.0. The molecule has 0 bridgehead atoms. The summed E-state index contributed by atoms with van der Waals surface area (Å²) in [5, 5.41) is 0. The van der Waals surface area contributed by atoms with E-state index < -0.39 is 0 Å². The molecule has 0 saturated heterocycles. The van der Waals surface area contributed by atoms with Gasteiger partial charge in [0, 0.05) is 29.1 Å².